The number of hydrogen-bond donors (Lipinski definition) is 1. The first-order valence-electron chi connectivity index (χ1n) is 10.3. The van der Waals surface area contributed by atoms with E-state index < -0.39 is 5.91 Å². The van der Waals surface area contributed by atoms with Gasteiger partial charge >= 0.3 is 5.97 Å². The van der Waals surface area contributed by atoms with E-state index in [2.05, 4.69) is 0 Å². The van der Waals surface area contributed by atoms with Gasteiger partial charge in [0.2, 0.25) is 5.91 Å². The lowest BCUT2D eigenvalue weighted by Crippen LogP contribution is -2.51. The molecule has 150 valence electrons. The normalized spacial score (nSPS) is 30.1. The van der Waals surface area contributed by atoms with E-state index in [1.165, 1.54) is 24.2 Å². The van der Waals surface area contributed by atoms with Gasteiger partial charge in [0.25, 0.3) is 5.91 Å². The first-order chi connectivity index (χ1) is 13.4. The Hall–Kier alpha value is -2.37. The quantitative estimate of drug-likeness (QED) is 0.732. The van der Waals surface area contributed by atoms with Gasteiger partial charge < -0.3 is 15.4 Å². The number of rotatable bonds is 7. The van der Waals surface area contributed by atoms with Crippen LogP contribution in [-0.4, -0.2) is 30.9 Å². The number of carbonyl (C=O) groups is 3. The Balaban J connectivity index is 1.40. The molecular formula is C22H28N2O4. The Labute approximate surface area is 165 Å². The van der Waals surface area contributed by atoms with Crippen molar-refractivity contribution in [2.75, 3.05) is 18.1 Å². The van der Waals surface area contributed by atoms with E-state index in [0.717, 1.165) is 19.3 Å². The number of hydrogen-bond acceptors (Lipinski definition) is 4. The number of esters is 1. The summed E-state index contributed by atoms with van der Waals surface area (Å²) in [5.41, 5.74) is 5.54. The number of amides is 2. The summed E-state index contributed by atoms with van der Waals surface area (Å²) in [6, 6.07) is 9.08. The summed E-state index contributed by atoms with van der Waals surface area (Å²) in [5.74, 6) is 0.926. The van der Waals surface area contributed by atoms with Crippen LogP contribution in [0.1, 0.15) is 44.9 Å². The molecule has 0 aliphatic heterocycles. The van der Waals surface area contributed by atoms with Crippen molar-refractivity contribution in [1.82, 2.24) is 0 Å². The number of nitrogens with two attached hydrogens (primary N) is 1. The molecule has 4 fully saturated rings. The van der Waals surface area contributed by atoms with E-state index in [1.54, 1.807) is 12.1 Å². The summed E-state index contributed by atoms with van der Waals surface area (Å²) >= 11 is 0. The molecule has 0 saturated heterocycles. The number of nitrogens with zero attached hydrogens (tertiary/aromatic N) is 1. The molecule has 4 aliphatic carbocycles. The molecule has 1 aromatic carbocycles. The average Bonchev–Trinajstić information content (AvgIpc) is 2.65. The molecule has 6 heteroatoms. The van der Waals surface area contributed by atoms with Gasteiger partial charge in [-0.25, -0.2) is 0 Å². The lowest BCUT2D eigenvalue weighted by Gasteiger charge is -2.55. The fraction of sp³-hybridized carbons (Fsp3) is 0.591. The summed E-state index contributed by atoms with van der Waals surface area (Å²) in [4.78, 5) is 38.4. The molecule has 0 unspecified atom stereocenters. The van der Waals surface area contributed by atoms with Gasteiger partial charge in [0.15, 0.2) is 6.61 Å². The van der Waals surface area contributed by atoms with Crippen molar-refractivity contribution < 1.29 is 19.1 Å². The Morgan fingerprint density at radius 2 is 1.57 bits per heavy atom. The molecule has 6 nitrogen and oxygen atoms in total. The van der Waals surface area contributed by atoms with Crippen LogP contribution in [0, 0.1) is 23.2 Å². The van der Waals surface area contributed by atoms with Crippen molar-refractivity contribution in [3.8, 4) is 0 Å². The van der Waals surface area contributed by atoms with E-state index in [1.807, 2.05) is 18.2 Å². The van der Waals surface area contributed by atoms with Crippen molar-refractivity contribution in [3.63, 3.8) is 0 Å². The smallest absolute Gasteiger partial charge is 0.312 e. The van der Waals surface area contributed by atoms with E-state index >= 15 is 0 Å². The molecule has 0 radical (unpaired) electrons. The number of ether oxygens (including phenoxy) is 1. The average molecular weight is 384 g/mol. The van der Waals surface area contributed by atoms with Crippen LogP contribution >= 0.6 is 0 Å². The van der Waals surface area contributed by atoms with Crippen LogP contribution in [0.5, 0.6) is 0 Å². The number of para-hydroxylation sites is 1. The van der Waals surface area contributed by atoms with Crippen LogP contribution in [0.2, 0.25) is 0 Å². The molecular weight excluding hydrogens is 356 g/mol. The van der Waals surface area contributed by atoms with E-state index in [4.69, 9.17) is 10.5 Å². The lowest BCUT2D eigenvalue weighted by molar-refractivity contribution is -0.172. The summed E-state index contributed by atoms with van der Waals surface area (Å²) < 4.78 is 5.55. The highest BCUT2D eigenvalue weighted by Gasteiger charge is 2.55. The molecule has 0 heterocycles. The van der Waals surface area contributed by atoms with Crippen LogP contribution in [0.25, 0.3) is 0 Å². The highest BCUT2D eigenvalue weighted by molar-refractivity contribution is 5.96. The SMILES string of the molecule is NC(=O)CCN(C(=O)COC(=O)C12CC3CC(CC(C3)C1)C2)c1ccccc1. The second kappa shape index (κ2) is 7.57. The molecule has 1 aromatic rings. The van der Waals surface area contributed by atoms with Crippen LogP contribution < -0.4 is 10.6 Å². The second-order valence-electron chi connectivity index (χ2n) is 8.87. The van der Waals surface area contributed by atoms with Gasteiger partial charge in [0, 0.05) is 18.7 Å². The zero-order valence-electron chi connectivity index (χ0n) is 16.1. The summed E-state index contributed by atoms with van der Waals surface area (Å²) in [6.45, 7) is -0.124. The highest BCUT2D eigenvalue weighted by Crippen LogP contribution is 2.60. The molecule has 0 aromatic heterocycles. The fourth-order valence-electron chi connectivity index (χ4n) is 5.95. The standard InChI is InChI=1S/C22H28N2O4/c23-19(25)6-7-24(18-4-2-1-3-5-18)20(26)14-28-21(27)22-11-15-8-16(12-22)10-17(9-15)13-22/h1-5,15-17H,6-14H2,(H2,23,25). The van der Waals surface area contributed by atoms with Gasteiger partial charge in [-0.1, -0.05) is 18.2 Å². The molecule has 0 spiro atoms. The minimum Gasteiger partial charge on any atom is -0.455 e. The van der Waals surface area contributed by atoms with Crippen molar-refractivity contribution in [2.45, 2.75) is 44.9 Å². The zero-order valence-corrected chi connectivity index (χ0v) is 16.1. The summed E-state index contributed by atoms with van der Waals surface area (Å²) in [7, 11) is 0. The van der Waals surface area contributed by atoms with Crippen LogP contribution in [0.3, 0.4) is 0 Å². The molecule has 2 amide bonds. The van der Waals surface area contributed by atoms with Crippen molar-refractivity contribution in [2.24, 2.45) is 28.9 Å². The molecule has 28 heavy (non-hydrogen) atoms. The minimum atomic E-state index is -0.473. The maximum absolute atomic E-state index is 13.0. The first kappa shape index (κ1) is 19.0. The van der Waals surface area contributed by atoms with Crippen LogP contribution in [-0.2, 0) is 19.1 Å². The molecule has 4 bridgehead atoms. The zero-order chi connectivity index (χ0) is 19.7. The van der Waals surface area contributed by atoms with Gasteiger partial charge in [-0.15, -0.1) is 0 Å². The highest BCUT2D eigenvalue weighted by atomic mass is 16.5. The molecule has 4 saturated carbocycles. The maximum Gasteiger partial charge on any atom is 0.312 e. The van der Waals surface area contributed by atoms with Crippen molar-refractivity contribution in [3.05, 3.63) is 30.3 Å². The maximum atomic E-state index is 13.0. The van der Waals surface area contributed by atoms with Crippen molar-refractivity contribution >= 4 is 23.5 Å². The summed E-state index contributed by atoms with van der Waals surface area (Å²) in [6.07, 6.45) is 6.55. The number of benzene rings is 1. The van der Waals surface area contributed by atoms with Gasteiger partial charge in [0.05, 0.1) is 5.41 Å². The largest absolute Gasteiger partial charge is 0.455 e. The fourth-order valence-corrected chi connectivity index (χ4v) is 5.95. The van der Waals surface area contributed by atoms with Crippen molar-refractivity contribution in [1.29, 1.82) is 0 Å². The van der Waals surface area contributed by atoms with Crippen LogP contribution in [0.15, 0.2) is 30.3 Å². The Kier molecular flexibility index (Phi) is 5.13. The predicted octanol–water partition coefficient (Wildman–Crippen LogP) is 2.65. The predicted molar refractivity (Wildman–Crippen MR) is 104 cm³/mol. The van der Waals surface area contributed by atoms with Crippen LogP contribution in [0.4, 0.5) is 5.69 Å². The molecule has 5 rings (SSSR count). The number of carbonyl (C=O) groups excluding carboxylic acids is 3. The molecule has 4 aliphatic rings. The van der Waals surface area contributed by atoms with Gasteiger partial charge in [0.1, 0.15) is 0 Å². The monoisotopic (exact) mass is 384 g/mol. The third kappa shape index (κ3) is 3.77. The van der Waals surface area contributed by atoms with Gasteiger partial charge in [-0.05, 0) is 68.4 Å². The lowest BCUT2D eigenvalue weighted by atomic mass is 9.49. The third-order valence-corrected chi connectivity index (χ3v) is 6.75. The Morgan fingerprint density at radius 1 is 1.00 bits per heavy atom. The van der Waals surface area contributed by atoms with E-state index in [-0.39, 0.29) is 36.9 Å². The number of primary amides is 1. The van der Waals surface area contributed by atoms with Gasteiger partial charge in [-0.3, -0.25) is 14.4 Å². The second-order valence-corrected chi connectivity index (χ2v) is 8.87. The number of anilines is 1. The summed E-state index contributed by atoms with van der Waals surface area (Å²) in [5, 5.41) is 0. The minimum absolute atomic E-state index is 0.0591. The molecule has 0 atom stereocenters. The Morgan fingerprint density at radius 3 is 2.11 bits per heavy atom. The van der Waals surface area contributed by atoms with E-state index in [0.29, 0.717) is 23.4 Å². The topological polar surface area (TPSA) is 89.7 Å². The molecule has 2 N–H and O–H groups in total. The van der Waals surface area contributed by atoms with Gasteiger partial charge in [-0.2, -0.15) is 0 Å². The third-order valence-electron chi connectivity index (χ3n) is 6.75. The Bertz CT molecular complexity index is 726. The first-order valence-corrected chi connectivity index (χ1v) is 10.3. The van der Waals surface area contributed by atoms with E-state index in [9.17, 15) is 14.4 Å².